The lowest BCUT2D eigenvalue weighted by Crippen LogP contribution is -2.43. The lowest BCUT2D eigenvalue weighted by atomic mass is 9.91. The fraction of sp³-hybridized carbons (Fsp3) is 0.381. The van der Waals surface area contributed by atoms with Crippen LogP contribution in [-0.4, -0.2) is 49.6 Å². The van der Waals surface area contributed by atoms with Crippen molar-refractivity contribution < 1.29 is 4.79 Å². The number of carbonyl (C=O) groups excluding carboxylic acids is 1. The van der Waals surface area contributed by atoms with E-state index in [-0.39, 0.29) is 11.4 Å². The average molecular weight is 365 g/mol. The standard InChI is InChI=1S/C15H21N5O.C6H6/c1-15(2)10-20(14(21)17-7-8-19(3)4)12-6-5-11(9-16)18-13(12)15;1-2-4-6-5-3-1/h5-6H,7-8,10H2,1-4H3,(H,17,21);1-6H. The molecule has 1 aromatic carbocycles. The summed E-state index contributed by atoms with van der Waals surface area (Å²) in [5.41, 5.74) is 1.74. The van der Waals surface area contributed by atoms with Crippen molar-refractivity contribution in [3.63, 3.8) is 0 Å². The summed E-state index contributed by atoms with van der Waals surface area (Å²) in [6.07, 6.45) is 0. The molecule has 2 aromatic rings. The zero-order valence-corrected chi connectivity index (χ0v) is 16.4. The monoisotopic (exact) mass is 365 g/mol. The number of pyridine rings is 1. The molecule has 0 saturated heterocycles. The Morgan fingerprint density at radius 1 is 1.22 bits per heavy atom. The molecule has 0 bridgehead atoms. The first-order chi connectivity index (χ1) is 12.8. The van der Waals surface area contributed by atoms with E-state index in [1.165, 1.54) is 0 Å². The van der Waals surface area contributed by atoms with E-state index < -0.39 is 0 Å². The highest BCUT2D eigenvalue weighted by molar-refractivity contribution is 5.94. The molecular formula is C21H27N5O. The molecular weight excluding hydrogens is 338 g/mol. The molecule has 6 nitrogen and oxygen atoms in total. The molecule has 142 valence electrons. The topological polar surface area (TPSA) is 72.3 Å². The minimum atomic E-state index is -0.249. The van der Waals surface area contributed by atoms with Gasteiger partial charge in [-0.2, -0.15) is 5.26 Å². The first kappa shape index (κ1) is 20.4. The number of nitrogens with zero attached hydrogens (tertiary/aromatic N) is 4. The summed E-state index contributed by atoms with van der Waals surface area (Å²) in [4.78, 5) is 20.4. The van der Waals surface area contributed by atoms with Crippen LogP contribution in [0.3, 0.4) is 0 Å². The van der Waals surface area contributed by atoms with Crippen LogP contribution in [0.5, 0.6) is 0 Å². The normalized spacial score (nSPS) is 14.0. The molecule has 6 heteroatoms. The molecule has 27 heavy (non-hydrogen) atoms. The second-order valence-electron chi connectivity index (χ2n) is 7.34. The van der Waals surface area contributed by atoms with Crippen molar-refractivity contribution in [1.29, 1.82) is 5.26 Å². The molecule has 1 aliphatic heterocycles. The van der Waals surface area contributed by atoms with Gasteiger partial charge in [0.05, 0.1) is 11.4 Å². The van der Waals surface area contributed by atoms with Crippen LogP contribution < -0.4 is 10.2 Å². The number of benzene rings is 1. The average Bonchev–Trinajstić information content (AvgIpc) is 2.94. The van der Waals surface area contributed by atoms with Crippen molar-refractivity contribution in [3.8, 4) is 6.07 Å². The van der Waals surface area contributed by atoms with E-state index in [1.807, 2.05) is 75.3 Å². The number of amides is 2. The molecule has 1 aliphatic rings. The number of carbonyl (C=O) groups is 1. The highest BCUT2D eigenvalue weighted by atomic mass is 16.2. The number of hydrogen-bond donors (Lipinski definition) is 1. The van der Waals surface area contributed by atoms with Gasteiger partial charge in [0.2, 0.25) is 0 Å². The Morgan fingerprint density at radius 3 is 2.33 bits per heavy atom. The first-order valence-corrected chi connectivity index (χ1v) is 8.97. The molecule has 1 aromatic heterocycles. The first-order valence-electron chi connectivity index (χ1n) is 8.97. The number of nitrogens with one attached hydrogen (secondary N) is 1. The molecule has 0 atom stereocenters. The summed E-state index contributed by atoms with van der Waals surface area (Å²) in [6, 6.07) is 17.4. The van der Waals surface area contributed by atoms with Gasteiger partial charge in [-0.3, -0.25) is 4.90 Å². The van der Waals surface area contributed by atoms with Crippen molar-refractivity contribution in [2.75, 3.05) is 38.6 Å². The smallest absolute Gasteiger partial charge is 0.322 e. The van der Waals surface area contributed by atoms with Crippen LogP contribution in [0.2, 0.25) is 0 Å². The Hall–Kier alpha value is -2.91. The lowest BCUT2D eigenvalue weighted by Gasteiger charge is -2.21. The molecule has 2 amide bonds. The Kier molecular flexibility index (Phi) is 6.91. The SMILES string of the molecule is CN(C)CCNC(=O)N1CC(C)(C)c2nc(C#N)ccc21.c1ccccc1. The van der Waals surface area contributed by atoms with Crippen molar-refractivity contribution in [2.24, 2.45) is 0 Å². The van der Waals surface area contributed by atoms with Gasteiger partial charge >= 0.3 is 6.03 Å². The highest BCUT2D eigenvalue weighted by Crippen LogP contribution is 2.39. The zero-order chi connectivity index (χ0) is 19.9. The van der Waals surface area contributed by atoms with E-state index in [9.17, 15) is 4.79 Å². The minimum Gasteiger partial charge on any atom is -0.336 e. The molecule has 0 saturated carbocycles. The van der Waals surface area contributed by atoms with Crippen LogP contribution >= 0.6 is 0 Å². The summed E-state index contributed by atoms with van der Waals surface area (Å²) >= 11 is 0. The van der Waals surface area contributed by atoms with Crippen LogP contribution in [0.1, 0.15) is 25.2 Å². The fourth-order valence-corrected chi connectivity index (χ4v) is 2.83. The van der Waals surface area contributed by atoms with E-state index in [1.54, 1.807) is 17.0 Å². The maximum absolute atomic E-state index is 12.3. The molecule has 0 spiro atoms. The van der Waals surface area contributed by atoms with Crippen LogP contribution in [0.25, 0.3) is 0 Å². The van der Waals surface area contributed by atoms with E-state index in [4.69, 9.17) is 5.26 Å². The number of fused-ring (bicyclic) bond motifs is 1. The summed E-state index contributed by atoms with van der Waals surface area (Å²) in [7, 11) is 3.93. The number of hydrogen-bond acceptors (Lipinski definition) is 4. The summed E-state index contributed by atoms with van der Waals surface area (Å²) in [6.45, 7) is 6.03. The van der Waals surface area contributed by atoms with Gasteiger partial charge < -0.3 is 10.2 Å². The largest absolute Gasteiger partial charge is 0.336 e. The number of rotatable bonds is 3. The van der Waals surface area contributed by atoms with Gasteiger partial charge in [-0.05, 0) is 26.2 Å². The summed E-state index contributed by atoms with van der Waals surface area (Å²) < 4.78 is 0. The zero-order valence-electron chi connectivity index (χ0n) is 16.4. The van der Waals surface area contributed by atoms with E-state index in [0.29, 0.717) is 18.8 Å². The van der Waals surface area contributed by atoms with Crippen LogP contribution in [-0.2, 0) is 5.41 Å². The third-order valence-electron chi connectivity index (χ3n) is 4.22. The number of likely N-dealkylation sites (N-methyl/N-ethyl adjacent to an activating group) is 1. The van der Waals surface area contributed by atoms with Crippen molar-refractivity contribution in [1.82, 2.24) is 15.2 Å². The van der Waals surface area contributed by atoms with Gasteiger partial charge in [-0.15, -0.1) is 0 Å². The van der Waals surface area contributed by atoms with Crippen LogP contribution in [0, 0.1) is 11.3 Å². The second kappa shape index (κ2) is 9.15. The predicted molar refractivity (Wildman–Crippen MR) is 108 cm³/mol. The third kappa shape index (κ3) is 5.53. The third-order valence-corrected chi connectivity index (χ3v) is 4.22. The maximum Gasteiger partial charge on any atom is 0.322 e. The molecule has 0 fully saturated rings. The Bertz CT molecular complexity index is 769. The molecule has 1 N–H and O–H groups in total. The molecule has 3 rings (SSSR count). The van der Waals surface area contributed by atoms with E-state index >= 15 is 0 Å². The van der Waals surface area contributed by atoms with Crippen molar-refractivity contribution >= 4 is 11.7 Å². The van der Waals surface area contributed by atoms with Gasteiger partial charge in [0.1, 0.15) is 11.8 Å². The Morgan fingerprint density at radius 2 is 1.81 bits per heavy atom. The number of aromatic nitrogens is 1. The molecule has 0 aliphatic carbocycles. The van der Waals surface area contributed by atoms with E-state index in [2.05, 4.69) is 10.3 Å². The number of urea groups is 1. The van der Waals surface area contributed by atoms with Crippen LogP contribution in [0.15, 0.2) is 48.5 Å². The van der Waals surface area contributed by atoms with Crippen molar-refractivity contribution in [3.05, 3.63) is 59.9 Å². The summed E-state index contributed by atoms with van der Waals surface area (Å²) in [5.74, 6) is 0. The van der Waals surface area contributed by atoms with Crippen molar-refractivity contribution in [2.45, 2.75) is 19.3 Å². The molecule has 0 unspecified atom stereocenters. The van der Waals surface area contributed by atoms with Gasteiger partial charge in [0, 0.05) is 25.0 Å². The minimum absolute atomic E-state index is 0.116. The van der Waals surface area contributed by atoms with Crippen LogP contribution in [0.4, 0.5) is 10.5 Å². The Balaban J connectivity index is 0.000000369. The summed E-state index contributed by atoms with van der Waals surface area (Å²) in [5, 5.41) is 11.9. The van der Waals surface area contributed by atoms with E-state index in [0.717, 1.165) is 17.9 Å². The fourth-order valence-electron chi connectivity index (χ4n) is 2.83. The molecule has 0 radical (unpaired) electrons. The maximum atomic E-state index is 12.3. The van der Waals surface area contributed by atoms with Gasteiger partial charge in [-0.1, -0.05) is 50.2 Å². The number of nitriles is 1. The van der Waals surface area contributed by atoms with Gasteiger partial charge in [0.25, 0.3) is 0 Å². The van der Waals surface area contributed by atoms with Gasteiger partial charge in [0.15, 0.2) is 0 Å². The number of anilines is 1. The lowest BCUT2D eigenvalue weighted by molar-refractivity contribution is 0.244. The second-order valence-corrected chi connectivity index (χ2v) is 7.34. The highest BCUT2D eigenvalue weighted by Gasteiger charge is 2.39. The predicted octanol–water partition coefficient (Wildman–Crippen LogP) is 3.01. The molecule has 2 heterocycles. The van der Waals surface area contributed by atoms with Gasteiger partial charge in [-0.25, -0.2) is 9.78 Å². The Labute approximate surface area is 161 Å². The quantitative estimate of drug-likeness (QED) is 0.907.